The van der Waals surface area contributed by atoms with E-state index in [0.29, 0.717) is 32.2 Å². The van der Waals surface area contributed by atoms with E-state index in [2.05, 4.69) is 21.4 Å². The standard InChI is InChI=1S/C42H77N5O14/c43-47-36(42(56)57)18-15-16-22-44-38(50)32-60-29-28-59-26-24-46-39(51)33-61-30-27-58-25-23-45-37(49)21-20-34(41(54)55)31-35(48)17-13-11-9-7-5-3-1-2-4-6-8-10-12-14-19-40(52)53/h34,36,47H,1-33,43H2,(H,44,50)(H,45,49)(H,46,51)(H,52,53)(H,54,55)(H,56,57)/t34-,36+/m1/s1. The second kappa shape index (κ2) is 41.6. The predicted octanol–water partition coefficient (Wildman–Crippen LogP) is 3.25. The van der Waals surface area contributed by atoms with Gasteiger partial charge in [-0.05, 0) is 38.5 Å². The van der Waals surface area contributed by atoms with Gasteiger partial charge >= 0.3 is 17.9 Å². The summed E-state index contributed by atoms with van der Waals surface area (Å²) in [5, 5.41) is 35.1. The fraction of sp³-hybridized carbons (Fsp3) is 0.833. The molecule has 0 saturated heterocycles. The Hall–Kier alpha value is -3.75. The minimum Gasteiger partial charge on any atom is -0.481 e. The van der Waals surface area contributed by atoms with E-state index >= 15 is 0 Å². The Balaban J connectivity index is 3.65. The van der Waals surface area contributed by atoms with Crippen LogP contribution in [-0.2, 0) is 52.5 Å². The van der Waals surface area contributed by atoms with E-state index in [4.69, 9.17) is 35.0 Å². The SMILES string of the molecule is NN[C@@H](CCCCNC(=O)COCCOCCNC(=O)COCCOCCNC(=O)CC[C@H](CC(=O)CCCCCCCCCCCCCCCCC(=O)O)C(=O)O)C(=O)O. The van der Waals surface area contributed by atoms with Crippen molar-refractivity contribution in [1.29, 1.82) is 0 Å². The fourth-order valence-corrected chi connectivity index (χ4v) is 6.18. The fourth-order valence-electron chi connectivity index (χ4n) is 6.18. The van der Waals surface area contributed by atoms with Crippen molar-refractivity contribution >= 4 is 41.4 Å². The number of nitrogens with one attached hydrogen (secondary N) is 4. The maximum atomic E-state index is 12.4. The van der Waals surface area contributed by atoms with Crippen LogP contribution in [0.25, 0.3) is 0 Å². The summed E-state index contributed by atoms with van der Waals surface area (Å²) in [6.45, 7) is 1.82. The first-order chi connectivity index (χ1) is 29.5. The molecule has 0 saturated carbocycles. The van der Waals surface area contributed by atoms with Gasteiger partial charge in [0, 0.05) is 45.3 Å². The van der Waals surface area contributed by atoms with Crippen LogP contribution in [0, 0.1) is 5.92 Å². The van der Waals surface area contributed by atoms with Gasteiger partial charge in [-0.3, -0.25) is 39.4 Å². The molecule has 19 nitrogen and oxygen atoms in total. The zero-order chi connectivity index (χ0) is 45.2. The molecule has 0 aromatic carbocycles. The quantitative estimate of drug-likeness (QED) is 0.0247. The van der Waals surface area contributed by atoms with Gasteiger partial charge in [0.2, 0.25) is 17.7 Å². The number of carbonyl (C=O) groups excluding carboxylic acids is 4. The van der Waals surface area contributed by atoms with Crippen molar-refractivity contribution in [2.24, 2.45) is 11.8 Å². The van der Waals surface area contributed by atoms with Crippen molar-refractivity contribution in [2.75, 3.05) is 72.5 Å². The molecule has 19 heteroatoms. The number of amides is 3. The van der Waals surface area contributed by atoms with Gasteiger partial charge in [0.25, 0.3) is 0 Å². The highest BCUT2D eigenvalue weighted by Gasteiger charge is 2.22. The molecule has 3 amide bonds. The molecule has 354 valence electrons. The minimum atomic E-state index is -1.08. The molecule has 0 aliphatic carbocycles. The largest absolute Gasteiger partial charge is 0.481 e. The number of carbonyl (C=O) groups is 7. The first kappa shape index (κ1) is 57.2. The third-order valence-electron chi connectivity index (χ3n) is 9.73. The zero-order valence-electron chi connectivity index (χ0n) is 36.4. The molecular weight excluding hydrogens is 798 g/mol. The summed E-state index contributed by atoms with van der Waals surface area (Å²) in [4.78, 5) is 81.4. The third-order valence-corrected chi connectivity index (χ3v) is 9.73. The van der Waals surface area contributed by atoms with Crippen molar-refractivity contribution in [1.82, 2.24) is 21.4 Å². The lowest BCUT2D eigenvalue weighted by Gasteiger charge is -2.12. The molecule has 0 aliphatic heterocycles. The van der Waals surface area contributed by atoms with Crippen molar-refractivity contribution in [2.45, 2.75) is 147 Å². The van der Waals surface area contributed by atoms with Gasteiger partial charge in [-0.15, -0.1) is 0 Å². The Labute approximate surface area is 361 Å². The zero-order valence-corrected chi connectivity index (χ0v) is 36.4. The Morgan fingerprint density at radius 1 is 0.443 bits per heavy atom. The van der Waals surface area contributed by atoms with Gasteiger partial charge in [0.15, 0.2) is 0 Å². The number of hydrogen-bond donors (Lipinski definition) is 8. The molecule has 0 radical (unpaired) electrons. The molecule has 9 N–H and O–H groups in total. The van der Waals surface area contributed by atoms with Crippen LogP contribution in [0.1, 0.15) is 141 Å². The molecule has 0 unspecified atom stereocenters. The van der Waals surface area contributed by atoms with Gasteiger partial charge in [-0.2, -0.15) is 0 Å². The highest BCUT2D eigenvalue weighted by Crippen LogP contribution is 2.17. The maximum Gasteiger partial charge on any atom is 0.322 e. The van der Waals surface area contributed by atoms with Gasteiger partial charge in [0.1, 0.15) is 25.0 Å². The molecule has 0 aromatic rings. The number of aliphatic carboxylic acids is 3. The number of ketones is 1. The highest BCUT2D eigenvalue weighted by molar-refractivity contribution is 5.84. The van der Waals surface area contributed by atoms with E-state index in [1.807, 2.05) is 0 Å². The topological polar surface area (TPSA) is 291 Å². The molecule has 0 aliphatic rings. The molecule has 0 spiro atoms. The van der Waals surface area contributed by atoms with E-state index < -0.39 is 29.9 Å². The van der Waals surface area contributed by atoms with Crippen LogP contribution < -0.4 is 27.2 Å². The van der Waals surface area contributed by atoms with Gasteiger partial charge in [-0.1, -0.05) is 77.0 Å². The van der Waals surface area contributed by atoms with E-state index in [0.717, 1.165) is 44.9 Å². The van der Waals surface area contributed by atoms with Crippen molar-refractivity contribution in [3.05, 3.63) is 0 Å². The lowest BCUT2D eigenvalue weighted by Crippen LogP contribution is -2.41. The summed E-state index contributed by atoms with van der Waals surface area (Å²) in [5.74, 6) is 0.429. The highest BCUT2D eigenvalue weighted by atomic mass is 16.5. The van der Waals surface area contributed by atoms with Gasteiger partial charge in [0.05, 0.1) is 45.6 Å². The van der Waals surface area contributed by atoms with E-state index in [1.165, 1.54) is 44.9 Å². The summed E-state index contributed by atoms with van der Waals surface area (Å²) in [6, 6.07) is -0.816. The van der Waals surface area contributed by atoms with E-state index in [9.17, 15) is 38.7 Å². The average Bonchev–Trinajstić information content (AvgIpc) is 3.22. The molecule has 61 heavy (non-hydrogen) atoms. The monoisotopic (exact) mass is 876 g/mol. The Kier molecular flexibility index (Phi) is 39.0. The molecular formula is C42H77N5O14. The van der Waals surface area contributed by atoms with Crippen molar-refractivity contribution < 1.29 is 67.8 Å². The van der Waals surface area contributed by atoms with Gasteiger partial charge in [-0.25, -0.2) is 5.43 Å². The lowest BCUT2D eigenvalue weighted by atomic mass is 9.94. The molecule has 0 bridgehead atoms. The van der Waals surface area contributed by atoms with Crippen LogP contribution in [0.3, 0.4) is 0 Å². The number of unbranched alkanes of at least 4 members (excludes halogenated alkanes) is 14. The number of Topliss-reactive ketones (excluding diaryl/α,β-unsaturated/α-hetero) is 1. The molecule has 0 heterocycles. The Bertz CT molecular complexity index is 1200. The number of hydrogen-bond acceptors (Lipinski definition) is 13. The maximum absolute atomic E-state index is 12.4. The Morgan fingerprint density at radius 2 is 0.885 bits per heavy atom. The minimum absolute atomic E-state index is 0.00876. The molecule has 0 rings (SSSR count). The van der Waals surface area contributed by atoms with E-state index in [1.54, 1.807) is 0 Å². The molecule has 0 fully saturated rings. The normalized spacial score (nSPS) is 12.1. The van der Waals surface area contributed by atoms with Crippen molar-refractivity contribution in [3.8, 4) is 0 Å². The predicted molar refractivity (Wildman–Crippen MR) is 226 cm³/mol. The lowest BCUT2D eigenvalue weighted by molar-refractivity contribution is -0.144. The third kappa shape index (κ3) is 40.1. The summed E-state index contributed by atoms with van der Waals surface area (Å²) in [6.07, 6.45) is 17.4. The summed E-state index contributed by atoms with van der Waals surface area (Å²) < 4.78 is 21.3. The number of carboxylic acid groups (broad SMARTS) is 3. The van der Waals surface area contributed by atoms with Crippen LogP contribution in [0.15, 0.2) is 0 Å². The average molecular weight is 876 g/mol. The number of nitrogens with two attached hydrogens (primary N) is 1. The number of carboxylic acids is 3. The summed E-state index contributed by atoms with van der Waals surface area (Å²) >= 11 is 0. The van der Waals surface area contributed by atoms with Crippen LogP contribution in [0.2, 0.25) is 0 Å². The molecule has 0 aromatic heterocycles. The van der Waals surface area contributed by atoms with Crippen LogP contribution >= 0.6 is 0 Å². The summed E-state index contributed by atoms with van der Waals surface area (Å²) in [7, 11) is 0. The van der Waals surface area contributed by atoms with Crippen molar-refractivity contribution in [3.63, 3.8) is 0 Å². The first-order valence-electron chi connectivity index (χ1n) is 22.2. The van der Waals surface area contributed by atoms with Gasteiger partial charge < -0.3 is 50.2 Å². The smallest absolute Gasteiger partial charge is 0.322 e. The number of rotatable bonds is 46. The Morgan fingerprint density at radius 3 is 1.34 bits per heavy atom. The first-order valence-corrected chi connectivity index (χ1v) is 22.2. The van der Waals surface area contributed by atoms with E-state index in [-0.39, 0.29) is 115 Å². The molecule has 2 atom stereocenters. The van der Waals surface area contributed by atoms with Crippen LogP contribution in [0.5, 0.6) is 0 Å². The summed E-state index contributed by atoms with van der Waals surface area (Å²) in [5.41, 5.74) is 2.22. The number of ether oxygens (including phenoxy) is 4. The van der Waals surface area contributed by atoms with Crippen LogP contribution in [0.4, 0.5) is 0 Å². The second-order valence-corrected chi connectivity index (χ2v) is 15.1. The number of hydrazine groups is 1. The second-order valence-electron chi connectivity index (χ2n) is 15.1. The van der Waals surface area contributed by atoms with Crippen LogP contribution in [-0.4, -0.2) is 135 Å².